The second-order valence-electron chi connectivity index (χ2n) is 7.67. The van der Waals surface area contributed by atoms with Gasteiger partial charge in [0.05, 0.1) is 12.1 Å². The Kier molecular flexibility index (Phi) is 7.03. The number of amides is 4. The Balaban J connectivity index is 1.64. The van der Waals surface area contributed by atoms with Crippen LogP contribution in [0, 0.1) is 0 Å². The van der Waals surface area contributed by atoms with Crippen LogP contribution in [-0.4, -0.2) is 64.7 Å². The van der Waals surface area contributed by atoms with E-state index in [-0.39, 0.29) is 23.7 Å². The van der Waals surface area contributed by atoms with E-state index in [1.807, 2.05) is 0 Å². The molecule has 1 fully saturated rings. The number of anilines is 1. The van der Waals surface area contributed by atoms with E-state index in [0.717, 1.165) is 6.42 Å². The van der Waals surface area contributed by atoms with Crippen molar-refractivity contribution >= 4 is 29.3 Å². The number of nitrogens with one attached hydrogen (secondary N) is 4. The minimum absolute atomic E-state index is 0.100. The molecule has 1 aromatic carbocycles. The minimum atomic E-state index is -1.31. The van der Waals surface area contributed by atoms with Crippen LogP contribution in [0.5, 0.6) is 0 Å². The summed E-state index contributed by atoms with van der Waals surface area (Å²) >= 11 is 0. The van der Waals surface area contributed by atoms with E-state index in [1.165, 1.54) is 13.0 Å². The molecule has 1 aliphatic carbocycles. The fourth-order valence-electron chi connectivity index (χ4n) is 3.53. The van der Waals surface area contributed by atoms with Crippen LogP contribution in [0.3, 0.4) is 0 Å². The Morgan fingerprint density at radius 3 is 2.45 bits per heavy atom. The predicted octanol–water partition coefficient (Wildman–Crippen LogP) is -0.174. The number of benzene rings is 1. The number of rotatable bonds is 5. The number of carbonyl (C=O) groups excluding carboxylic acids is 4. The Labute approximate surface area is 179 Å². The second-order valence-corrected chi connectivity index (χ2v) is 7.67. The number of aliphatic hydroxyl groups excluding tert-OH is 2. The molecule has 0 spiro atoms. The topological polar surface area (TPSA) is 157 Å². The summed E-state index contributed by atoms with van der Waals surface area (Å²) in [7, 11) is 0. The number of urea groups is 1. The molecule has 0 bridgehead atoms. The molecule has 1 aromatic rings. The number of hydrogen-bond acceptors (Lipinski definition) is 6. The molecule has 31 heavy (non-hydrogen) atoms. The first-order valence-electron chi connectivity index (χ1n) is 10.1. The maximum atomic E-state index is 12.6. The molecular formula is C21H26N4O6. The van der Waals surface area contributed by atoms with E-state index < -0.39 is 36.2 Å². The first kappa shape index (κ1) is 22.4. The highest BCUT2D eigenvalue weighted by atomic mass is 16.3. The van der Waals surface area contributed by atoms with Crippen molar-refractivity contribution in [3.05, 3.63) is 41.5 Å². The molecule has 4 atom stereocenters. The summed E-state index contributed by atoms with van der Waals surface area (Å²) in [6, 6.07) is 3.94. The third kappa shape index (κ3) is 5.68. The van der Waals surface area contributed by atoms with E-state index in [4.69, 9.17) is 0 Å². The molecule has 166 valence electrons. The maximum absolute atomic E-state index is 12.6. The van der Waals surface area contributed by atoms with Gasteiger partial charge < -0.3 is 31.5 Å². The fraction of sp³-hybridized carbons (Fsp3) is 0.429. The van der Waals surface area contributed by atoms with Crippen LogP contribution in [0.25, 0.3) is 0 Å². The summed E-state index contributed by atoms with van der Waals surface area (Å²) < 4.78 is 0. The Morgan fingerprint density at radius 1 is 1.10 bits per heavy atom. The van der Waals surface area contributed by atoms with Gasteiger partial charge in [-0.25, -0.2) is 4.79 Å². The average molecular weight is 430 g/mol. The van der Waals surface area contributed by atoms with Crippen molar-refractivity contribution in [1.29, 1.82) is 0 Å². The van der Waals surface area contributed by atoms with Crippen LogP contribution < -0.4 is 21.3 Å². The highest BCUT2D eigenvalue weighted by molar-refractivity contribution is 5.98. The maximum Gasteiger partial charge on any atom is 0.319 e. The molecule has 3 rings (SSSR count). The van der Waals surface area contributed by atoms with Gasteiger partial charge in [0.15, 0.2) is 5.78 Å². The quantitative estimate of drug-likeness (QED) is 0.356. The zero-order chi connectivity index (χ0) is 22.5. The Morgan fingerprint density at radius 2 is 1.81 bits per heavy atom. The molecule has 10 heteroatoms. The summed E-state index contributed by atoms with van der Waals surface area (Å²) in [4.78, 5) is 48.1. The van der Waals surface area contributed by atoms with Crippen LogP contribution in [0.15, 0.2) is 35.9 Å². The van der Waals surface area contributed by atoms with Gasteiger partial charge in [-0.2, -0.15) is 0 Å². The summed E-state index contributed by atoms with van der Waals surface area (Å²) in [6.07, 6.45) is -0.0249. The Hall–Kier alpha value is -3.24. The van der Waals surface area contributed by atoms with Gasteiger partial charge in [-0.3, -0.25) is 14.4 Å². The predicted molar refractivity (Wildman–Crippen MR) is 111 cm³/mol. The van der Waals surface area contributed by atoms with Crippen LogP contribution in [-0.2, 0) is 9.59 Å². The summed E-state index contributed by atoms with van der Waals surface area (Å²) in [6.45, 7) is 2.00. The first-order chi connectivity index (χ1) is 14.7. The number of aliphatic hydroxyl groups is 2. The van der Waals surface area contributed by atoms with E-state index in [9.17, 15) is 29.4 Å². The molecule has 0 saturated carbocycles. The second kappa shape index (κ2) is 9.71. The minimum Gasteiger partial charge on any atom is -0.390 e. The molecule has 10 nitrogen and oxygen atoms in total. The van der Waals surface area contributed by atoms with Gasteiger partial charge in [0.25, 0.3) is 0 Å². The van der Waals surface area contributed by atoms with Gasteiger partial charge >= 0.3 is 6.03 Å². The Bertz CT molecular complexity index is 898. The molecule has 1 aliphatic heterocycles. The summed E-state index contributed by atoms with van der Waals surface area (Å²) in [5, 5.41) is 30.8. The highest BCUT2D eigenvalue weighted by Crippen LogP contribution is 2.21. The number of piperidine rings is 1. The molecule has 0 unspecified atom stereocenters. The zero-order valence-electron chi connectivity index (χ0n) is 17.1. The SMILES string of the molecule is CC(=O)c1ccc(NC(=O)N[C@H]2C=C(C(=O)N[C@@H]3CCCNC3=O)C[C@@H](O)[C@@H]2O)cc1. The van der Waals surface area contributed by atoms with E-state index >= 15 is 0 Å². The standard InChI is InChI=1S/C21H26N4O6/c1-11(26)12-4-6-14(7-5-12)23-21(31)25-16-9-13(10-17(27)18(16)28)19(29)24-15-3-2-8-22-20(15)30/h4-7,9,15-18,27-28H,2-3,8,10H2,1H3,(H,22,30)(H,24,29)(H2,23,25,31)/t15-,16+,17-,18-/m1/s1. The van der Waals surface area contributed by atoms with Crippen LogP contribution in [0.1, 0.15) is 36.5 Å². The van der Waals surface area contributed by atoms with Crippen LogP contribution in [0.4, 0.5) is 10.5 Å². The molecule has 0 aromatic heterocycles. The van der Waals surface area contributed by atoms with Gasteiger partial charge in [0, 0.05) is 29.8 Å². The van der Waals surface area contributed by atoms with Gasteiger partial charge in [0.2, 0.25) is 11.8 Å². The molecule has 1 saturated heterocycles. The molecule has 6 N–H and O–H groups in total. The van der Waals surface area contributed by atoms with E-state index in [0.29, 0.717) is 24.2 Å². The normalized spacial score (nSPS) is 25.6. The number of Topliss-reactive ketones (excluding diaryl/α,β-unsaturated/α-hetero) is 1. The average Bonchev–Trinajstić information content (AvgIpc) is 2.73. The third-order valence-electron chi connectivity index (χ3n) is 5.30. The van der Waals surface area contributed by atoms with Crippen molar-refractivity contribution in [1.82, 2.24) is 16.0 Å². The number of carbonyl (C=O) groups is 4. The molecule has 0 radical (unpaired) electrons. The highest BCUT2D eigenvalue weighted by Gasteiger charge is 2.35. The molecular weight excluding hydrogens is 404 g/mol. The molecule has 2 aliphatic rings. The fourth-order valence-corrected chi connectivity index (χ4v) is 3.53. The molecule has 4 amide bonds. The summed E-state index contributed by atoms with van der Waals surface area (Å²) in [5.74, 6) is -0.890. The molecule has 1 heterocycles. The largest absolute Gasteiger partial charge is 0.390 e. The van der Waals surface area contributed by atoms with E-state index in [2.05, 4.69) is 21.3 Å². The van der Waals surface area contributed by atoms with Gasteiger partial charge in [-0.1, -0.05) is 6.08 Å². The van der Waals surface area contributed by atoms with Crippen molar-refractivity contribution in [2.45, 2.75) is 50.5 Å². The number of ketones is 1. The van der Waals surface area contributed by atoms with Crippen LogP contribution >= 0.6 is 0 Å². The third-order valence-corrected chi connectivity index (χ3v) is 5.30. The first-order valence-corrected chi connectivity index (χ1v) is 10.1. The number of hydrogen-bond donors (Lipinski definition) is 6. The van der Waals surface area contributed by atoms with Crippen molar-refractivity contribution in [2.24, 2.45) is 0 Å². The summed E-state index contributed by atoms with van der Waals surface area (Å²) in [5.41, 5.74) is 1.10. The van der Waals surface area contributed by atoms with Gasteiger partial charge in [-0.05, 0) is 44.0 Å². The van der Waals surface area contributed by atoms with Crippen LogP contribution in [0.2, 0.25) is 0 Å². The lowest BCUT2D eigenvalue weighted by Crippen LogP contribution is -2.54. The van der Waals surface area contributed by atoms with Crippen molar-refractivity contribution < 1.29 is 29.4 Å². The van der Waals surface area contributed by atoms with Crippen molar-refractivity contribution in [3.63, 3.8) is 0 Å². The van der Waals surface area contributed by atoms with Crippen molar-refractivity contribution in [2.75, 3.05) is 11.9 Å². The lowest BCUT2D eigenvalue weighted by atomic mass is 9.89. The van der Waals surface area contributed by atoms with Gasteiger partial charge in [0.1, 0.15) is 12.1 Å². The smallest absolute Gasteiger partial charge is 0.319 e. The van der Waals surface area contributed by atoms with Gasteiger partial charge in [-0.15, -0.1) is 0 Å². The van der Waals surface area contributed by atoms with Crippen molar-refractivity contribution in [3.8, 4) is 0 Å². The lowest BCUT2D eigenvalue weighted by molar-refractivity contribution is -0.129. The monoisotopic (exact) mass is 430 g/mol. The lowest BCUT2D eigenvalue weighted by Gasteiger charge is -2.31. The zero-order valence-corrected chi connectivity index (χ0v) is 17.1. The van der Waals surface area contributed by atoms with E-state index in [1.54, 1.807) is 24.3 Å².